The molecule has 4 rings (SSSR count). The number of carbonyl (C=O) groups excluding carboxylic acids is 1. The van der Waals surface area contributed by atoms with Crippen molar-refractivity contribution in [2.45, 2.75) is 19.4 Å². The summed E-state index contributed by atoms with van der Waals surface area (Å²) in [5.74, 6) is 0.517. The van der Waals surface area contributed by atoms with Gasteiger partial charge in [0.2, 0.25) is 5.91 Å². The molecule has 0 saturated carbocycles. The Morgan fingerprint density at radius 3 is 2.86 bits per heavy atom. The number of anilines is 1. The Hall–Kier alpha value is -3.75. The zero-order chi connectivity index (χ0) is 20.5. The lowest BCUT2D eigenvalue weighted by Gasteiger charge is -2.30. The van der Waals surface area contributed by atoms with Crippen molar-refractivity contribution in [3.8, 4) is 5.75 Å². The molecule has 2 heterocycles. The van der Waals surface area contributed by atoms with Crippen LogP contribution in [0, 0.1) is 10.1 Å². The maximum Gasteiger partial charge on any atom is 0.271 e. The van der Waals surface area contributed by atoms with E-state index in [4.69, 9.17) is 4.74 Å². The van der Waals surface area contributed by atoms with Crippen LogP contribution in [0.2, 0.25) is 0 Å². The van der Waals surface area contributed by atoms with Crippen LogP contribution >= 0.6 is 0 Å². The summed E-state index contributed by atoms with van der Waals surface area (Å²) in [5, 5.41) is 11.1. The first-order valence-corrected chi connectivity index (χ1v) is 9.09. The first-order chi connectivity index (χ1) is 14.0. The second kappa shape index (κ2) is 7.34. The number of non-ortho nitro benzene ring substituents is 1. The van der Waals surface area contributed by atoms with E-state index in [0.717, 1.165) is 29.8 Å². The van der Waals surface area contributed by atoms with Crippen molar-refractivity contribution in [3.05, 3.63) is 68.8 Å². The summed E-state index contributed by atoms with van der Waals surface area (Å²) in [5.41, 5.74) is 1.52. The van der Waals surface area contributed by atoms with Crippen LogP contribution in [0.5, 0.6) is 5.75 Å². The van der Waals surface area contributed by atoms with Crippen LogP contribution in [-0.4, -0.2) is 34.0 Å². The number of benzene rings is 2. The lowest BCUT2D eigenvalue weighted by atomic mass is 10.0. The van der Waals surface area contributed by atoms with Gasteiger partial charge in [-0.2, -0.15) is 0 Å². The fourth-order valence-electron chi connectivity index (χ4n) is 3.56. The topological polar surface area (TPSA) is 108 Å². The van der Waals surface area contributed by atoms with Crippen molar-refractivity contribution in [2.75, 3.05) is 18.6 Å². The molecule has 0 unspecified atom stereocenters. The van der Waals surface area contributed by atoms with Crippen molar-refractivity contribution < 1.29 is 14.5 Å². The van der Waals surface area contributed by atoms with Gasteiger partial charge in [-0.3, -0.25) is 24.3 Å². The Bertz CT molecular complexity index is 1190. The van der Waals surface area contributed by atoms with E-state index in [1.54, 1.807) is 18.1 Å². The number of nitrogens with zero attached hydrogens (tertiary/aromatic N) is 4. The Morgan fingerprint density at radius 1 is 1.28 bits per heavy atom. The highest BCUT2D eigenvalue weighted by Crippen LogP contribution is 2.30. The molecule has 1 amide bonds. The fourth-order valence-corrected chi connectivity index (χ4v) is 3.56. The van der Waals surface area contributed by atoms with Gasteiger partial charge in [-0.25, -0.2) is 4.98 Å². The van der Waals surface area contributed by atoms with E-state index >= 15 is 0 Å². The minimum Gasteiger partial charge on any atom is -0.497 e. The number of nitro groups is 1. The van der Waals surface area contributed by atoms with E-state index in [1.165, 1.54) is 29.1 Å². The van der Waals surface area contributed by atoms with Crippen molar-refractivity contribution >= 4 is 28.2 Å². The number of aryl methyl sites for hydroxylation is 1. The van der Waals surface area contributed by atoms with Gasteiger partial charge in [0.05, 0.1) is 29.3 Å². The van der Waals surface area contributed by atoms with Gasteiger partial charge in [0.15, 0.2) is 0 Å². The maximum atomic E-state index is 12.9. The quantitative estimate of drug-likeness (QED) is 0.496. The Kier molecular flexibility index (Phi) is 4.71. The number of carbonyl (C=O) groups is 1. The number of hydrogen-bond acceptors (Lipinski definition) is 6. The highest BCUT2D eigenvalue weighted by molar-refractivity contribution is 5.94. The average Bonchev–Trinajstić information content (AvgIpc) is 2.74. The van der Waals surface area contributed by atoms with Crippen molar-refractivity contribution in [3.63, 3.8) is 0 Å². The van der Waals surface area contributed by atoms with Crippen LogP contribution in [0.15, 0.2) is 47.5 Å². The molecule has 1 aromatic heterocycles. The highest BCUT2D eigenvalue weighted by Gasteiger charge is 2.23. The number of fused-ring (bicyclic) bond motifs is 2. The molecule has 1 aliphatic rings. The Morgan fingerprint density at radius 2 is 2.10 bits per heavy atom. The summed E-state index contributed by atoms with van der Waals surface area (Å²) in [6.07, 6.45) is 2.93. The second-order valence-corrected chi connectivity index (χ2v) is 6.78. The van der Waals surface area contributed by atoms with Crippen LogP contribution in [0.25, 0.3) is 10.9 Å². The molecule has 29 heavy (non-hydrogen) atoms. The van der Waals surface area contributed by atoms with E-state index < -0.39 is 10.5 Å². The van der Waals surface area contributed by atoms with E-state index in [2.05, 4.69) is 4.98 Å². The minimum atomic E-state index is -0.543. The molecule has 0 saturated heterocycles. The van der Waals surface area contributed by atoms with Gasteiger partial charge >= 0.3 is 0 Å². The largest absolute Gasteiger partial charge is 0.497 e. The minimum absolute atomic E-state index is 0.140. The number of aromatic nitrogens is 2. The van der Waals surface area contributed by atoms with Crippen LogP contribution in [-0.2, 0) is 17.8 Å². The van der Waals surface area contributed by atoms with Gasteiger partial charge in [0, 0.05) is 24.4 Å². The summed E-state index contributed by atoms with van der Waals surface area (Å²) in [6.45, 7) is 0.407. The van der Waals surface area contributed by atoms with Crippen LogP contribution < -0.4 is 15.2 Å². The predicted molar refractivity (Wildman–Crippen MR) is 106 cm³/mol. The van der Waals surface area contributed by atoms with Crippen LogP contribution in [0.1, 0.15) is 12.0 Å². The van der Waals surface area contributed by atoms with Gasteiger partial charge in [-0.1, -0.05) is 0 Å². The van der Waals surface area contributed by atoms with Crippen LogP contribution in [0.3, 0.4) is 0 Å². The van der Waals surface area contributed by atoms with Gasteiger partial charge in [-0.15, -0.1) is 0 Å². The summed E-state index contributed by atoms with van der Waals surface area (Å²) in [7, 11) is 1.60. The molecule has 0 atom stereocenters. The third-order valence-electron chi connectivity index (χ3n) is 5.03. The molecule has 0 fully saturated rings. The number of hydrogen-bond donors (Lipinski definition) is 0. The molecule has 0 radical (unpaired) electrons. The fraction of sp³-hybridized carbons (Fsp3) is 0.250. The van der Waals surface area contributed by atoms with E-state index in [9.17, 15) is 19.7 Å². The van der Waals surface area contributed by atoms with Gasteiger partial charge in [0.1, 0.15) is 12.3 Å². The molecular weight excluding hydrogens is 376 g/mol. The van der Waals surface area contributed by atoms with E-state index in [1.807, 2.05) is 12.1 Å². The molecule has 9 heteroatoms. The monoisotopic (exact) mass is 394 g/mol. The SMILES string of the molecule is COc1ccc2c(c1)CCCN2C(=O)Cn1cnc2cc([N+](=O)[O-])ccc2c1=O. The molecule has 2 aromatic carbocycles. The summed E-state index contributed by atoms with van der Waals surface area (Å²) >= 11 is 0. The molecule has 0 N–H and O–H groups in total. The first-order valence-electron chi connectivity index (χ1n) is 9.09. The zero-order valence-electron chi connectivity index (χ0n) is 15.7. The molecule has 0 bridgehead atoms. The van der Waals surface area contributed by atoms with Crippen LogP contribution in [0.4, 0.5) is 11.4 Å². The lowest BCUT2D eigenvalue weighted by molar-refractivity contribution is -0.384. The average molecular weight is 394 g/mol. The van der Waals surface area contributed by atoms with Gasteiger partial charge in [-0.05, 0) is 42.7 Å². The number of ether oxygens (including phenoxy) is 1. The van der Waals surface area contributed by atoms with Crippen molar-refractivity contribution in [1.82, 2.24) is 9.55 Å². The van der Waals surface area contributed by atoms with Crippen molar-refractivity contribution in [2.24, 2.45) is 0 Å². The summed E-state index contributed by atoms with van der Waals surface area (Å²) < 4.78 is 6.48. The normalized spacial score (nSPS) is 13.2. The Balaban J connectivity index is 1.63. The number of amides is 1. The second-order valence-electron chi connectivity index (χ2n) is 6.78. The van der Waals surface area contributed by atoms with Gasteiger partial charge in [0.25, 0.3) is 11.2 Å². The van der Waals surface area contributed by atoms with Gasteiger partial charge < -0.3 is 9.64 Å². The molecule has 3 aromatic rings. The third-order valence-corrected chi connectivity index (χ3v) is 5.03. The van der Waals surface area contributed by atoms with E-state index in [0.29, 0.717) is 6.54 Å². The zero-order valence-corrected chi connectivity index (χ0v) is 15.7. The Labute approximate surface area is 165 Å². The smallest absolute Gasteiger partial charge is 0.271 e. The molecule has 148 valence electrons. The summed E-state index contributed by atoms with van der Waals surface area (Å²) in [6, 6.07) is 9.45. The third kappa shape index (κ3) is 3.42. The molecule has 0 aliphatic carbocycles. The summed E-state index contributed by atoms with van der Waals surface area (Å²) in [4.78, 5) is 41.8. The maximum absolute atomic E-state index is 12.9. The number of nitro benzene ring substituents is 1. The molecule has 9 nitrogen and oxygen atoms in total. The van der Waals surface area contributed by atoms with Crippen molar-refractivity contribution in [1.29, 1.82) is 0 Å². The van der Waals surface area contributed by atoms with E-state index in [-0.39, 0.29) is 29.0 Å². The molecule has 1 aliphatic heterocycles. The molecule has 0 spiro atoms. The number of rotatable bonds is 4. The first kappa shape index (κ1) is 18.6. The highest BCUT2D eigenvalue weighted by atomic mass is 16.6. The number of methoxy groups -OCH3 is 1. The molecular formula is C20H18N4O5. The predicted octanol–water partition coefficient (Wildman–Crippen LogP) is 2.29. The standard InChI is InChI=1S/C20H18N4O5/c1-29-15-5-7-18-13(9-15)3-2-8-23(18)19(25)11-22-12-21-17-10-14(24(27)28)4-6-16(17)20(22)26/h4-7,9-10,12H,2-3,8,11H2,1H3. The lowest BCUT2D eigenvalue weighted by Crippen LogP contribution is -2.39.